The third kappa shape index (κ3) is 3.67. The zero-order valence-electron chi connectivity index (χ0n) is 11.2. The Kier molecular flexibility index (Phi) is 3.92. The smallest absolute Gasteiger partial charge is 0.205 e. The summed E-state index contributed by atoms with van der Waals surface area (Å²) < 4.78 is 1.89. The molecule has 0 aliphatic heterocycles. The lowest BCUT2D eigenvalue weighted by molar-refractivity contribution is 0.687. The molecule has 2 heterocycles. The number of thiazole rings is 1. The highest BCUT2D eigenvalue weighted by Crippen LogP contribution is 2.16. The molecule has 3 aromatic rings. The van der Waals surface area contributed by atoms with E-state index in [2.05, 4.69) is 32.7 Å². The lowest BCUT2D eigenvalue weighted by Crippen LogP contribution is -1.99. The Morgan fingerprint density at radius 3 is 2.86 bits per heavy atom. The van der Waals surface area contributed by atoms with Crippen LogP contribution in [0.5, 0.6) is 0 Å². The largest absolute Gasteiger partial charge is 0.383 e. The van der Waals surface area contributed by atoms with Crippen LogP contribution >= 0.6 is 11.3 Å². The van der Waals surface area contributed by atoms with Gasteiger partial charge in [-0.05, 0) is 17.2 Å². The van der Waals surface area contributed by atoms with Crippen molar-refractivity contribution in [2.45, 2.75) is 6.54 Å². The van der Waals surface area contributed by atoms with Gasteiger partial charge in [-0.3, -0.25) is 10.1 Å². The maximum absolute atomic E-state index is 5.53. The number of nitrogens with two attached hydrogens (primary N) is 1. The number of hydrogen-bond donors (Lipinski definition) is 2. The Morgan fingerprint density at radius 1 is 1.33 bits per heavy atom. The Morgan fingerprint density at radius 2 is 2.19 bits per heavy atom. The second-order valence-corrected chi connectivity index (χ2v) is 5.25. The monoisotopic (exact) mass is 298 g/mol. The maximum atomic E-state index is 5.53. The van der Waals surface area contributed by atoms with Gasteiger partial charge in [0.15, 0.2) is 0 Å². The molecule has 0 atom stereocenters. The summed E-state index contributed by atoms with van der Waals surface area (Å²) in [6.45, 7) is 0.765. The van der Waals surface area contributed by atoms with Gasteiger partial charge in [-0.15, -0.1) is 11.3 Å². The molecule has 1 aromatic carbocycles. The second kappa shape index (κ2) is 6.19. The normalized spacial score (nSPS) is 11.0. The number of aromatic nitrogens is 3. The SMILES string of the molecule is Nc1csc(NN=Cc2ccc(Cn3cccn3)cc2)n1. The van der Waals surface area contributed by atoms with E-state index in [0.717, 1.165) is 12.1 Å². The number of nitrogen functional groups attached to an aromatic ring is 1. The van der Waals surface area contributed by atoms with Gasteiger partial charge in [-0.2, -0.15) is 10.2 Å². The van der Waals surface area contributed by atoms with Crippen LogP contribution in [0, 0.1) is 0 Å². The van der Waals surface area contributed by atoms with Crippen LogP contribution in [-0.2, 0) is 6.54 Å². The fraction of sp³-hybridized carbons (Fsp3) is 0.0714. The van der Waals surface area contributed by atoms with Crippen molar-refractivity contribution in [2.75, 3.05) is 11.2 Å². The van der Waals surface area contributed by atoms with Gasteiger partial charge >= 0.3 is 0 Å². The number of nitrogens with one attached hydrogen (secondary N) is 1. The van der Waals surface area contributed by atoms with Crippen molar-refractivity contribution in [3.05, 3.63) is 59.2 Å². The molecule has 6 nitrogen and oxygen atoms in total. The van der Waals surface area contributed by atoms with Crippen LogP contribution in [0.3, 0.4) is 0 Å². The predicted octanol–water partition coefficient (Wildman–Crippen LogP) is 2.42. The van der Waals surface area contributed by atoms with Crippen molar-refractivity contribution in [3.63, 3.8) is 0 Å². The first kappa shape index (κ1) is 13.3. The molecule has 3 N–H and O–H groups in total. The Labute approximate surface area is 125 Å². The van der Waals surface area contributed by atoms with E-state index in [9.17, 15) is 0 Å². The second-order valence-electron chi connectivity index (χ2n) is 4.39. The summed E-state index contributed by atoms with van der Waals surface area (Å²) in [7, 11) is 0. The molecule has 3 rings (SSSR count). The molecule has 7 heteroatoms. The van der Waals surface area contributed by atoms with Gasteiger partial charge < -0.3 is 5.73 Å². The van der Waals surface area contributed by atoms with Gasteiger partial charge in [0.1, 0.15) is 5.82 Å². The van der Waals surface area contributed by atoms with E-state index in [1.54, 1.807) is 17.8 Å². The summed E-state index contributed by atoms with van der Waals surface area (Å²) in [5, 5.41) is 10.8. The summed E-state index contributed by atoms with van der Waals surface area (Å²) in [5.41, 5.74) is 10.6. The fourth-order valence-corrected chi connectivity index (χ4v) is 2.34. The van der Waals surface area contributed by atoms with E-state index in [0.29, 0.717) is 10.9 Å². The first-order valence-corrected chi connectivity index (χ1v) is 7.24. The molecule has 0 fully saturated rings. The number of benzene rings is 1. The van der Waals surface area contributed by atoms with Crippen LogP contribution < -0.4 is 11.2 Å². The van der Waals surface area contributed by atoms with E-state index < -0.39 is 0 Å². The molecular formula is C14H14N6S. The molecule has 0 amide bonds. The number of nitrogens with zero attached hydrogens (tertiary/aromatic N) is 4. The van der Waals surface area contributed by atoms with Gasteiger partial charge in [0.25, 0.3) is 0 Å². The molecule has 0 spiro atoms. The predicted molar refractivity (Wildman–Crippen MR) is 85.5 cm³/mol. The minimum Gasteiger partial charge on any atom is -0.383 e. The van der Waals surface area contributed by atoms with Gasteiger partial charge in [0, 0.05) is 17.8 Å². The number of hydrazone groups is 1. The van der Waals surface area contributed by atoms with Crippen LogP contribution in [0.2, 0.25) is 0 Å². The summed E-state index contributed by atoms with van der Waals surface area (Å²) in [5.74, 6) is 0.501. The summed E-state index contributed by atoms with van der Waals surface area (Å²) in [4.78, 5) is 4.06. The zero-order valence-corrected chi connectivity index (χ0v) is 12.0. The zero-order chi connectivity index (χ0) is 14.5. The molecule has 21 heavy (non-hydrogen) atoms. The van der Waals surface area contributed by atoms with E-state index in [1.807, 2.05) is 29.1 Å². The minimum atomic E-state index is 0.501. The average Bonchev–Trinajstić information content (AvgIpc) is 3.13. The van der Waals surface area contributed by atoms with E-state index in [4.69, 9.17) is 5.73 Å². The molecule has 2 aromatic heterocycles. The third-order valence-electron chi connectivity index (χ3n) is 2.78. The maximum Gasteiger partial charge on any atom is 0.205 e. The first-order valence-electron chi connectivity index (χ1n) is 6.36. The molecule has 0 aliphatic carbocycles. The lowest BCUT2D eigenvalue weighted by atomic mass is 10.1. The molecular weight excluding hydrogens is 284 g/mol. The Hall–Kier alpha value is -2.67. The van der Waals surface area contributed by atoms with Crippen LogP contribution in [-0.4, -0.2) is 21.0 Å². The van der Waals surface area contributed by atoms with Crippen LogP contribution in [0.4, 0.5) is 10.9 Å². The molecule has 106 valence electrons. The van der Waals surface area contributed by atoms with E-state index in [-0.39, 0.29) is 0 Å². The fourth-order valence-electron chi connectivity index (χ4n) is 1.79. The van der Waals surface area contributed by atoms with Crippen molar-refractivity contribution in [3.8, 4) is 0 Å². The van der Waals surface area contributed by atoms with Crippen molar-refractivity contribution in [1.82, 2.24) is 14.8 Å². The van der Waals surface area contributed by atoms with Crippen LogP contribution in [0.1, 0.15) is 11.1 Å². The van der Waals surface area contributed by atoms with Gasteiger partial charge in [-0.25, -0.2) is 4.98 Å². The van der Waals surface area contributed by atoms with Crippen LogP contribution in [0.25, 0.3) is 0 Å². The third-order valence-corrected chi connectivity index (χ3v) is 3.54. The van der Waals surface area contributed by atoms with Crippen molar-refractivity contribution in [2.24, 2.45) is 5.10 Å². The highest BCUT2D eigenvalue weighted by Gasteiger charge is 1.97. The van der Waals surface area contributed by atoms with Crippen LogP contribution in [0.15, 0.2) is 53.2 Å². The van der Waals surface area contributed by atoms with Crippen molar-refractivity contribution < 1.29 is 0 Å². The number of hydrogen-bond acceptors (Lipinski definition) is 6. The summed E-state index contributed by atoms with van der Waals surface area (Å²) >= 11 is 1.42. The highest BCUT2D eigenvalue weighted by molar-refractivity contribution is 7.14. The molecule has 0 saturated heterocycles. The number of rotatable bonds is 5. The van der Waals surface area contributed by atoms with E-state index >= 15 is 0 Å². The first-order chi connectivity index (χ1) is 10.3. The summed E-state index contributed by atoms with van der Waals surface area (Å²) in [6.07, 6.45) is 5.46. The quantitative estimate of drug-likeness (QED) is 0.560. The highest BCUT2D eigenvalue weighted by atomic mass is 32.1. The minimum absolute atomic E-state index is 0.501. The molecule has 0 bridgehead atoms. The summed E-state index contributed by atoms with van der Waals surface area (Å²) in [6, 6.07) is 10.1. The van der Waals surface area contributed by atoms with E-state index in [1.165, 1.54) is 16.9 Å². The van der Waals surface area contributed by atoms with Crippen molar-refractivity contribution >= 4 is 28.5 Å². The molecule has 0 radical (unpaired) electrons. The van der Waals surface area contributed by atoms with Gasteiger partial charge in [0.2, 0.25) is 5.13 Å². The number of anilines is 2. The van der Waals surface area contributed by atoms with Crippen molar-refractivity contribution in [1.29, 1.82) is 0 Å². The molecule has 0 unspecified atom stereocenters. The Balaban J connectivity index is 1.59. The average molecular weight is 298 g/mol. The standard InChI is InChI=1S/C14H14N6S/c15-13-10-21-14(18-13)19-16-8-11-2-4-12(5-3-11)9-20-7-1-6-17-20/h1-8,10H,9,15H2,(H,18,19). The molecule has 0 saturated carbocycles. The Bertz CT molecular complexity index is 714. The van der Waals surface area contributed by atoms with Gasteiger partial charge in [0.05, 0.1) is 12.8 Å². The molecule has 0 aliphatic rings. The topological polar surface area (TPSA) is 81.1 Å². The lowest BCUT2D eigenvalue weighted by Gasteiger charge is -2.02. The van der Waals surface area contributed by atoms with Gasteiger partial charge in [-0.1, -0.05) is 24.3 Å².